The van der Waals surface area contributed by atoms with E-state index in [1.54, 1.807) is 40.9 Å². The van der Waals surface area contributed by atoms with Crippen molar-refractivity contribution in [2.45, 2.75) is 30.0 Å². The van der Waals surface area contributed by atoms with E-state index in [1.165, 1.54) is 6.21 Å². The van der Waals surface area contributed by atoms with Gasteiger partial charge in [0.2, 0.25) is 5.91 Å². The molecule has 7 heteroatoms. The summed E-state index contributed by atoms with van der Waals surface area (Å²) < 4.78 is -0.363. The van der Waals surface area contributed by atoms with Crippen LogP contribution in [0.15, 0.2) is 29.4 Å². The highest BCUT2D eigenvalue weighted by atomic mass is 79.9. The molecule has 1 aromatic rings. The Morgan fingerprint density at radius 3 is 2.83 bits per heavy atom. The minimum Gasteiger partial charge on any atom is -0.411 e. The maximum atomic E-state index is 13.1. The normalized spacial score (nSPS) is 28.7. The molecule has 23 heavy (non-hydrogen) atoms. The largest absolute Gasteiger partial charge is 0.411 e. The van der Waals surface area contributed by atoms with E-state index >= 15 is 0 Å². The lowest BCUT2D eigenvalue weighted by molar-refractivity contribution is -0.150. The standard InChI is InChI=1S/C16H17BrN2O3S/c1-16(2)13(19-14(21)11(7-17)15(19)23-16)12(20)10-6-4-3-5-9(10)8-18-22/h3-6,8,11,13,15,22H,7H2,1-2H3/t11-,13+,15-/m1/s1. The minimum absolute atomic E-state index is 0.0246. The second kappa shape index (κ2) is 5.94. The molecule has 0 bridgehead atoms. The Morgan fingerprint density at radius 1 is 1.48 bits per heavy atom. The molecule has 122 valence electrons. The van der Waals surface area contributed by atoms with Crippen LogP contribution in [0.4, 0.5) is 0 Å². The second-order valence-corrected chi connectivity index (χ2v) is 8.64. The van der Waals surface area contributed by atoms with Crippen molar-refractivity contribution in [3.05, 3.63) is 35.4 Å². The summed E-state index contributed by atoms with van der Waals surface area (Å²) in [4.78, 5) is 27.2. The van der Waals surface area contributed by atoms with Gasteiger partial charge in [-0.2, -0.15) is 0 Å². The summed E-state index contributed by atoms with van der Waals surface area (Å²) in [6.07, 6.45) is 1.25. The van der Waals surface area contributed by atoms with E-state index in [-0.39, 0.29) is 27.7 Å². The number of benzene rings is 1. The van der Waals surface area contributed by atoms with Crippen molar-refractivity contribution in [1.29, 1.82) is 0 Å². The number of fused-ring (bicyclic) bond motifs is 1. The van der Waals surface area contributed by atoms with E-state index in [0.717, 1.165) is 0 Å². The number of β-lactam (4-membered cyclic amide) rings is 1. The maximum absolute atomic E-state index is 13.1. The molecule has 2 saturated heterocycles. The maximum Gasteiger partial charge on any atom is 0.231 e. The summed E-state index contributed by atoms with van der Waals surface area (Å²) in [6, 6.07) is 6.47. The van der Waals surface area contributed by atoms with Gasteiger partial charge in [0.15, 0.2) is 5.78 Å². The van der Waals surface area contributed by atoms with Gasteiger partial charge in [0, 0.05) is 21.2 Å². The number of carbonyl (C=O) groups is 2. The van der Waals surface area contributed by atoms with Crippen LogP contribution in [0.1, 0.15) is 29.8 Å². The van der Waals surface area contributed by atoms with Crippen LogP contribution in [0.25, 0.3) is 0 Å². The molecule has 2 aliphatic heterocycles. The monoisotopic (exact) mass is 396 g/mol. The lowest BCUT2D eigenvalue weighted by Crippen LogP contribution is -2.63. The number of amides is 1. The van der Waals surface area contributed by atoms with Crippen molar-refractivity contribution in [3.63, 3.8) is 0 Å². The number of oxime groups is 1. The Kier molecular flexibility index (Phi) is 4.27. The van der Waals surface area contributed by atoms with Gasteiger partial charge in [-0.15, -0.1) is 11.8 Å². The molecular weight excluding hydrogens is 380 g/mol. The van der Waals surface area contributed by atoms with Gasteiger partial charge in [-0.25, -0.2) is 0 Å². The van der Waals surface area contributed by atoms with E-state index in [4.69, 9.17) is 5.21 Å². The van der Waals surface area contributed by atoms with E-state index in [2.05, 4.69) is 21.1 Å². The van der Waals surface area contributed by atoms with Crippen molar-refractivity contribution < 1.29 is 14.8 Å². The number of ketones is 1. The molecule has 0 aromatic heterocycles. The van der Waals surface area contributed by atoms with Crippen LogP contribution >= 0.6 is 27.7 Å². The van der Waals surface area contributed by atoms with Gasteiger partial charge in [-0.1, -0.05) is 45.4 Å². The van der Waals surface area contributed by atoms with E-state index in [1.807, 2.05) is 13.8 Å². The number of nitrogens with zero attached hydrogens (tertiary/aromatic N) is 2. The Balaban J connectivity index is 1.98. The first-order valence-corrected chi connectivity index (χ1v) is 9.29. The molecule has 0 spiro atoms. The molecule has 5 nitrogen and oxygen atoms in total. The van der Waals surface area contributed by atoms with Crippen LogP contribution < -0.4 is 0 Å². The Bertz CT molecular complexity index is 692. The lowest BCUT2D eigenvalue weighted by Gasteiger charge is -2.43. The van der Waals surface area contributed by atoms with Crippen molar-refractivity contribution in [1.82, 2.24) is 4.90 Å². The predicted molar refractivity (Wildman–Crippen MR) is 93.5 cm³/mol. The topological polar surface area (TPSA) is 70.0 Å². The van der Waals surface area contributed by atoms with Gasteiger partial charge in [-0.3, -0.25) is 9.59 Å². The summed E-state index contributed by atoms with van der Waals surface area (Å²) in [6.45, 7) is 4.00. The number of alkyl halides is 1. The minimum atomic E-state index is -0.506. The highest BCUT2D eigenvalue weighted by Gasteiger charge is 2.62. The van der Waals surface area contributed by atoms with Gasteiger partial charge < -0.3 is 10.1 Å². The highest BCUT2D eigenvalue weighted by molar-refractivity contribution is 9.09. The van der Waals surface area contributed by atoms with Crippen LogP contribution in [-0.4, -0.2) is 49.5 Å². The molecule has 0 radical (unpaired) electrons. The number of hydrogen-bond donors (Lipinski definition) is 1. The third kappa shape index (κ3) is 2.50. The van der Waals surface area contributed by atoms with Crippen LogP contribution in [0.3, 0.4) is 0 Å². The third-order valence-corrected chi connectivity index (χ3v) is 6.71. The van der Waals surface area contributed by atoms with E-state index in [9.17, 15) is 9.59 Å². The van der Waals surface area contributed by atoms with Gasteiger partial charge in [-0.05, 0) is 13.8 Å². The van der Waals surface area contributed by atoms with Gasteiger partial charge in [0.05, 0.1) is 17.5 Å². The smallest absolute Gasteiger partial charge is 0.231 e. The third-order valence-electron chi connectivity index (χ3n) is 4.39. The molecule has 2 aliphatic rings. The van der Waals surface area contributed by atoms with Crippen LogP contribution in [-0.2, 0) is 4.79 Å². The van der Waals surface area contributed by atoms with E-state index in [0.29, 0.717) is 16.5 Å². The SMILES string of the molecule is CC1(C)S[C@@H]2[C@H](CBr)C(=O)N2[C@H]1C(=O)c1ccccc1C=NO. The molecule has 3 atom stereocenters. The average Bonchev–Trinajstić information content (AvgIpc) is 2.76. The molecular formula is C16H17BrN2O3S. The van der Waals surface area contributed by atoms with Crippen molar-refractivity contribution >= 4 is 45.6 Å². The number of hydrogen-bond acceptors (Lipinski definition) is 5. The molecule has 2 fully saturated rings. The Morgan fingerprint density at radius 2 is 2.17 bits per heavy atom. The molecule has 3 rings (SSSR count). The molecule has 0 unspecified atom stereocenters. The summed E-state index contributed by atoms with van der Waals surface area (Å²) in [5.74, 6) is -0.148. The van der Waals surface area contributed by atoms with Crippen LogP contribution in [0, 0.1) is 5.92 Å². The second-order valence-electron chi connectivity index (χ2n) is 6.22. The zero-order valence-electron chi connectivity index (χ0n) is 12.8. The molecule has 1 aromatic carbocycles. The van der Waals surface area contributed by atoms with E-state index < -0.39 is 6.04 Å². The number of Topliss-reactive ketones (excluding diaryl/α,β-unsaturated/α-hetero) is 1. The summed E-state index contributed by atoms with van der Waals surface area (Å²) in [7, 11) is 0. The van der Waals surface area contributed by atoms with Crippen LogP contribution in [0.2, 0.25) is 0 Å². The highest BCUT2D eigenvalue weighted by Crippen LogP contribution is 2.54. The fourth-order valence-electron chi connectivity index (χ4n) is 3.30. The fourth-order valence-corrected chi connectivity index (χ4v) is 5.87. The summed E-state index contributed by atoms with van der Waals surface area (Å²) in [5.41, 5.74) is 1.02. The molecule has 0 saturated carbocycles. The van der Waals surface area contributed by atoms with Crippen molar-refractivity contribution in [2.24, 2.45) is 11.1 Å². The number of halogens is 1. The zero-order valence-corrected chi connectivity index (χ0v) is 15.2. The first-order valence-electron chi connectivity index (χ1n) is 7.29. The van der Waals surface area contributed by atoms with Gasteiger partial charge in [0.1, 0.15) is 6.04 Å². The summed E-state index contributed by atoms with van der Waals surface area (Å²) in [5, 5.41) is 12.5. The van der Waals surface area contributed by atoms with Crippen molar-refractivity contribution in [3.8, 4) is 0 Å². The van der Waals surface area contributed by atoms with Gasteiger partial charge >= 0.3 is 0 Å². The number of thioether (sulfide) groups is 1. The predicted octanol–water partition coefficient (Wildman–Crippen LogP) is 2.75. The molecule has 1 N–H and O–H groups in total. The zero-order chi connectivity index (χ0) is 16.8. The van der Waals surface area contributed by atoms with Crippen molar-refractivity contribution in [2.75, 3.05) is 5.33 Å². The molecule has 1 amide bonds. The lowest BCUT2D eigenvalue weighted by atomic mass is 9.87. The summed E-state index contributed by atoms with van der Waals surface area (Å²) >= 11 is 5.06. The quantitative estimate of drug-likeness (QED) is 0.212. The molecule has 0 aliphatic carbocycles. The first-order chi connectivity index (χ1) is 10.9. The average molecular weight is 397 g/mol. The number of rotatable bonds is 4. The first kappa shape index (κ1) is 16.5. The fraction of sp³-hybridized carbons (Fsp3) is 0.438. The van der Waals surface area contributed by atoms with Crippen LogP contribution in [0.5, 0.6) is 0 Å². The number of carbonyl (C=O) groups excluding carboxylic acids is 2. The Labute approximate surface area is 147 Å². The van der Waals surface area contributed by atoms with Gasteiger partial charge in [0.25, 0.3) is 0 Å². The Hall–Kier alpha value is -1.34. The molecule has 2 heterocycles.